The third-order valence-electron chi connectivity index (χ3n) is 4.72. The summed E-state index contributed by atoms with van der Waals surface area (Å²) in [5.41, 5.74) is 1.29. The minimum absolute atomic E-state index is 0.0651. The van der Waals surface area contributed by atoms with Crippen LogP contribution in [-0.2, 0) is 6.54 Å². The van der Waals surface area contributed by atoms with Gasteiger partial charge in [0.1, 0.15) is 23.1 Å². The lowest BCUT2D eigenvalue weighted by atomic mass is 10.1. The molecule has 0 N–H and O–H groups in total. The molecule has 4 rings (SSSR count). The van der Waals surface area contributed by atoms with Gasteiger partial charge in [-0.15, -0.1) is 0 Å². The predicted octanol–water partition coefficient (Wildman–Crippen LogP) is 4.33. The molecule has 0 bridgehead atoms. The highest BCUT2D eigenvalue weighted by Crippen LogP contribution is 2.30. The molecule has 0 unspecified atom stereocenters. The first kappa shape index (κ1) is 17.4. The van der Waals surface area contributed by atoms with Crippen molar-refractivity contribution in [3.8, 4) is 5.75 Å². The molecule has 6 heteroatoms. The average molecular weight is 368 g/mol. The summed E-state index contributed by atoms with van der Waals surface area (Å²) >= 11 is 0. The maximum Gasteiger partial charge on any atom is 0.273 e. The number of hydrogen-bond acceptors (Lipinski definition) is 3. The average Bonchev–Trinajstić information content (AvgIpc) is 3.51. The van der Waals surface area contributed by atoms with Gasteiger partial charge in [0.2, 0.25) is 0 Å². The minimum atomic E-state index is -0.646. The van der Waals surface area contributed by atoms with Crippen molar-refractivity contribution in [2.24, 2.45) is 0 Å². The Hall–Kier alpha value is -3.02. The third kappa shape index (κ3) is 3.60. The number of pyridine rings is 1. The molecule has 0 spiro atoms. The Balaban J connectivity index is 1.63. The Morgan fingerprint density at radius 2 is 1.96 bits per heavy atom. The summed E-state index contributed by atoms with van der Waals surface area (Å²) in [5, 5.41) is 0.869. The summed E-state index contributed by atoms with van der Waals surface area (Å²) in [7, 11) is 1.59. The first-order valence-electron chi connectivity index (χ1n) is 8.75. The molecular formula is C21H18F2N2O2. The van der Waals surface area contributed by atoms with Crippen LogP contribution in [0.2, 0.25) is 0 Å². The molecule has 0 saturated heterocycles. The van der Waals surface area contributed by atoms with Crippen LogP contribution in [0, 0.1) is 11.6 Å². The van der Waals surface area contributed by atoms with Gasteiger partial charge in [0.15, 0.2) is 0 Å². The van der Waals surface area contributed by atoms with Crippen LogP contribution in [0.3, 0.4) is 0 Å². The van der Waals surface area contributed by atoms with E-state index in [4.69, 9.17) is 4.74 Å². The largest absolute Gasteiger partial charge is 0.497 e. The van der Waals surface area contributed by atoms with Gasteiger partial charge in [-0.2, -0.15) is 0 Å². The lowest BCUT2D eigenvalue weighted by Gasteiger charge is -2.22. The van der Waals surface area contributed by atoms with Crippen LogP contribution in [0.4, 0.5) is 8.78 Å². The van der Waals surface area contributed by atoms with Crippen molar-refractivity contribution in [1.82, 2.24) is 9.88 Å². The van der Waals surface area contributed by atoms with Gasteiger partial charge in [0, 0.05) is 29.6 Å². The molecule has 4 nitrogen and oxygen atoms in total. The fourth-order valence-electron chi connectivity index (χ4n) is 3.08. The molecule has 0 atom stereocenters. The zero-order chi connectivity index (χ0) is 19.0. The Bertz CT molecular complexity index is 1020. The number of ether oxygens (including phenoxy) is 1. The van der Waals surface area contributed by atoms with Gasteiger partial charge in [-0.25, -0.2) is 13.8 Å². The number of benzene rings is 2. The second kappa shape index (κ2) is 6.95. The standard InChI is InChI=1S/C21H18F2N2O2/c1-27-17-7-9-19-13(10-17)3-8-20(24-19)21(26)25(16-5-6-16)12-14-2-4-15(22)11-18(14)23/h2-4,7-11,16H,5-6,12H2,1H3. The van der Waals surface area contributed by atoms with E-state index >= 15 is 0 Å². The van der Waals surface area contributed by atoms with Crippen LogP contribution in [-0.4, -0.2) is 28.9 Å². The van der Waals surface area contributed by atoms with E-state index in [9.17, 15) is 13.6 Å². The maximum absolute atomic E-state index is 14.0. The van der Waals surface area contributed by atoms with Gasteiger partial charge in [-0.3, -0.25) is 4.79 Å². The number of aromatic nitrogens is 1. The smallest absolute Gasteiger partial charge is 0.273 e. The van der Waals surface area contributed by atoms with Crippen molar-refractivity contribution in [3.63, 3.8) is 0 Å². The van der Waals surface area contributed by atoms with Crippen molar-refractivity contribution in [3.05, 3.63) is 71.4 Å². The first-order chi connectivity index (χ1) is 13.0. The van der Waals surface area contributed by atoms with E-state index in [1.165, 1.54) is 12.1 Å². The summed E-state index contributed by atoms with van der Waals surface area (Å²) < 4.78 is 32.4. The van der Waals surface area contributed by atoms with E-state index in [2.05, 4.69) is 4.98 Å². The van der Waals surface area contributed by atoms with E-state index in [0.717, 1.165) is 30.0 Å². The van der Waals surface area contributed by atoms with Crippen LogP contribution in [0.25, 0.3) is 10.9 Å². The number of hydrogen-bond donors (Lipinski definition) is 0. The first-order valence-corrected chi connectivity index (χ1v) is 8.75. The van der Waals surface area contributed by atoms with E-state index in [1.54, 1.807) is 30.2 Å². The molecular weight excluding hydrogens is 350 g/mol. The number of carbonyl (C=O) groups is 1. The fraction of sp³-hybridized carbons (Fsp3) is 0.238. The van der Waals surface area contributed by atoms with Gasteiger partial charge >= 0.3 is 0 Å². The Morgan fingerprint density at radius 1 is 1.15 bits per heavy atom. The molecule has 1 aliphatic rings. The number of carbonyl (C=O) groups excluding carboxylic acids is 1. The third-order valence-corrected chi connectivity index (χ3v) is 4.72. The molecule has 2 aromatic carbocycles. The zero-order valence-corrected chi connectivity index (χ0v) is 14.8. The van der Waals surface area contributed by atoms with E-state index in [0.29, 0.717) is 16.8 Å². The summed E-state index contributed by atoms with van der Waals surface area (Å²) in [6, 6.07) is 12.4. The number of halogens is 2. The van der Waals surface area contributed by atoms with E-state index < -0.39 is 11.6 Å². The van der Waals surface area contributed by atoms with E-state index in [-0.39, 0.29) is 18.5 Å². The molecule has 1 amide bonds. The Kier molecular flexibility index (Phi) is 4.48. The van der Waals surface area contributed by atoms with Crippen LogP contribution in [0.5, 0.6) is 5.75 Å². The summed E-state index contributed by atoms with van der Waals surface area (Å²) in [6.45, 7) is 0.0952. The molecule has 0 aliphatic heterocycles. The number of nitrogens with zero attached hydrogens (tertiary/aromatic N) is 2. The van der Waals surface area contributed by atoms with Crippen molar-refractivity contribution < 1.29 is 18.3 Å². The molecule has 27 heavy (non-hydrogen) atoms. The second-order valence-corrected chi connectivity index (χ2v) is 6.66. The minimum Gasteiger partial charge on any atom is -0.497 e. The maximum atomic E-state index is 14.0. The van der Waals surface area contributed by atoms with Gasteiger partial charge in [0.25, 0.3) is 5.91 Å². The van der Waals surface area contributed by atoms with Gasteiger partial charge in [0.05, 0.1) is 12.6 Å². The quantitative estimate of drug-likeness (QED) is 0.673. The molecule has 1 saturated carbocycles. The fourth-order valence-corrected chi connectivity index (χ4v) is 3.08. The predicted molar refractivity (Wildman–Crippen MR) is 97.5 cm³/mol. The van der Waals surface area contributed by atoms with Crippen molar-refractivity contribution in [2.45, 2.75) is 25.4 Å². The topological polar surface area (TPSA) is 42.4 Å². The molecule has 0 radical (unpaired) electrons. The number of fused-ring (bicyclic) bond motifs is 1. The number of rotatable bonds is 5. The van der Waals surface area contributed by atoms with Crippen LogP contribution < -0.4 is 4.74 Å². The number of methoxy groups -OCH3 is 1. The van der Waals surface area contributed by atoms with Crippen LogP contribution in [0.15, 0.2) is 48.5 Å². The summed E-state index contributed by atoms with van der Waals surface area (Å²) in [5.74, 6) is -0.812. The van der Waals surface area contributed by atoms with Gasteiger partial charge in [-0.1, -0.05) is 12.1 Å². The lowest BCUT2D eigenvalue weighted by Crippen LogP contribution is -2.33. The highest BCUT2D eigenvalue weighted by molar-refractivity contribution is 5.95. The van der Waals surface area contributed by atoms with Gasteiger partial charge < -0.3 is 9.64 Å². The highest BCUT2D eigenvalue weighted by atomic mass is 19.1. The normalized spacial score (nSPS) is 13.6. The molecule has 1 heterocycles. The lowest BCUT2D eigenvalue weighted by molar-refractivity contribution is 0.0722. The molecule has 1 fully saturated rings. The van der Waals surface area contributed by atoms with Crippen LogP contribution >= 0.6 is 0 Å². The van der Waals surface area contributed by atoms with Gasteiger partial charge in [-0.05, 0) is 43.2 Å². The summed E-state index contributed by atoms with van der Waals surface area (Å²) in [4.78, 5) is 19.1. The highest BCUT2D eigenvalue weighted by Gasteiger charge is 2.34. The molecule has 138 valence electrons. The number of amides is 1. The van der Waals surface area contributed by atoms with Crippen LogP contribution in [0.1, 0.15) is 28.9 Å². The van der Waals surface area contributed by atoms with E-state index in [1.807, 2.05) is 12.1 Å². The van der Waals surface area contributed by atoms with Crippen molar-refractivity contribution in [1.29, 1.82) is 0 Å². The van der Waals surface area contributed by atoms with Crippen molar-refractivity contribution in [2.75, 3.05) is 7.11 Å². The second-order valence-electron chi connectivity index (χ2n) is 6.66. The monoisotopic (exact) mass is 368 g/mol. The SMILES string of the molecule is COc1ccc2nc(C(=O)N(Cc3ccc(F)cc3F)C3CC3)ccc2c1. The summed E-state index contributed by atoms with van der Waals surface area (Å²) in [6.07, 6.45) is 1.75. The Morgan fingerprint density at radius 3 is 2.67 bits per heavy atom. The Labute approximate surface area is 155 Å². The molecule has 1 aromatic heterocycles. The zero-order valence-electron chi connectivity index (χ0n) is 14.8. The molecule has 1 aliphatic carbocycles. The van der Waals surface area contributed by atoms with Crippen molar-refractivity contribution >= 4 is 16.8 Å². The molecule has 3 aromatic rings.